The van der Waals surface area contributed by atoms with Gasteiger partial charge < -0.3 is 14.8 Å². The largest absolute Gasteiger partial charge is 0.493 e. The number of hydrogen-bond acceptors (Lipinski definition) is 7. The first-order valence-electron chi connectivity index (χ1n) is 7.52. The first kappa shape index (κ1) is 18.7. The number of ether oxygens (including phenoxy) is 2. The molecule has 0 amide bonds. The number of nitrogens with one attached hydrogen (secondary N) is 1. The number of benzene rings is 2. The van der Waals surface area contributed by atoms with Crippen LogP contribution in [0.15, 0.2) is 48.8 Å². The van der Waals surface area contributed by atoms with Crippen molar-refractivity contribution in [2.45, 2.75) is 0 Å². The molecule has 2 aromatic carbocycles. The molecular formula is C17H12Cl2N4O4. The van der Waals surface area contributed by atoms with Crippen molar-refractivity contribution in [1.29, 1.82) is 0 Å². The molecular weight excluding hydrogens is 395 g/mol. The number of aromatic nitrogens is 2. The minimum Gasteiger partial charge on any atom is -0.493 e. The number of para-hydroxylation sites is 2. The number of nitrogens with zero attached hydrogens (tertiary/aromatic N) is 3. The lowest BCUT2D eigenvalue weighted by Gasteiger charge is -2.11. The zero-order valence-corrected chi connectivity index (χ0v) is 15.4. The van der Waals surface area contributed by atoms with E-state index in [9.17, 15) is 10.1 Å². The Labute approximate surface area is 163 Å². The maximum Gasteiger partial charge on any atom is 0.373 e. The highest BCUT2D eigenvalue weighted by atomic mass is 35.5. The van der Waals surface area contributed by atoms with Crippen molar-refractivity contribution in [3.8, 4) is 17.4 Å². The Morgan fingerprint density at radius 1 is 1.07 bits per heavy atom. The second kappa shape index (κ2) is 8.07. The van der Waals surface area contributed by atoms with Gasteiger partial charge in [0.1, 0.15) is 6.33 Å². The average Bonchev–Trinajstić information content (AvgIpc) is 2.65. The van der Waals surface area contributed by atoms with Crippen molar-refractivity contribution in [3.05, 3.63) is 69.0 Å². The van der Waals surface area contributed by atoms with Crippen LogP contribution in [0, 0.1) is 10.1 Å². The third-order valence-electron chi connectivity index (χ3n) is 3.43. The van der Waals surface area contributed by atoms with Gasteiger partial charge in [0, 0.05) is 5.69 Å². The lowest BCUT2D eigenvalue weighted by molar-refractivity contribution is -0.385. The highest BCUT2D eigenvalue weighted by Crippen LogP contribution is 2.38. The first-order chi connectivity index (χ1) is 13.0. The van der Waals surface area contributed by atoms with Crippen LogP contribution < -0.4 is 14.8 Å². The maximum absolute atomic E-state index is 11.6. The molecule has 1 N–H and O–H groups in total. The molecule has 0 aliphatic heterocycles. The summed E-state index contributed by atoms with van der Waals surface area (Å²) in [5, 5.41) is 15.1. The molecule has 138 valence electrons. The van der Waals surface area contributed by atoms with Crippen molar-refractivity contribution in [1.82, 2.24) is 9.97 Å². The highest BCUT2D eigenvalue weighted by Gasteiger charge is 2.26. The molecule has 0 saturated heterocycles. The summed E-state index contributed by atoms with van der Waals surface area (Å²) in [6.07, 6.45) is 1.15. The predicted octanol–water partition coefficient (Wildman–Crippen LogP) is 5.24. The molecule has 0 saturated carbocycles. The van der Waals surface area contributed by atoms with Gasteiger partial charge in [-0.15, -0.1) is 0 Å². The smallest absolute Gasteiger partial charge is 0.373 e. The summed E-state index contributed by atoms with van der Waals surface area (Å²) in [4.78, 5) is 18.8. The van der Waals surface area contributed by atoms with Gasteiger partial charge in [0.15, 0.2) is 11.5 Å². The molecule has 8 nitrogen and oxygen atoms in total. The van der Waals surface area contributed by atoms with Crippen LogP contribution in [0.3, 0.4) is 0 Å². The fourth-order valence-electron chi connectivity index (χ4n) is 2.21. The zero-order valence-electron chi connectivity index (χ0n) is 13.8. The van der Waals surface area contributed by atoms with E-state index >= 15 is 0 Å². The Hall–Kier alpha value is -3.10. The quantitative estimate of drug-likeness (QED) is 0.441. The predicted molar refractivity (Wildman–Crippen MR) is 101 cm³/mol. The molecule has 0 fully saturated rings. The van der Waals surface area contributed by atoms with Crippen LogP contribution >= 0.6 is 23.2 Å². The third-order valence-corrected chi connectivity index (χ3v) is 4.17. The maximum atomic E-state index is 11.6. The number of methoxy groups -OCH3 is 1. The first-order valence-corrected chi connectivity index (χ1v) is 8.27. The zero-order chi connectivity index (χ0) is 19.4. The molecule has 0 bridgehead atoms. The van der Waals surface area contributed by atoms with Crippen molar-refractivity contribution in [2.75, 3.05) is 12.4 Å². The van der Waals surface area contributed by atoms with Gasteiger partial charge in [-0.05, 0) is 30.3 Å². The van der Waals surface area contributed by atoms with Gasteiger partial charge in [0.05, 0.1) is 22.1 Å². The van der Waals surface area contributed by atoms with Gasteiger partial charge in [0.2, 0.25) is 5.82 Å². The van der Waals surface area contributed by atoms with Crippen molar-refractivity contribution in [3.63, 3.8) is 0 Å². The molecule has 27 heavy (non-hydrogen) atoms. The fourth-order valence-corrected chi connectivity index (χ4v) is 2.51. The number of rotatable bonds is 6. The third kappa shape index (κ3) is 4.18. The molecule has 3 rings (SSSR count). The van der Waals surface area contributed by atoms with E-state index in [0.29, 0.717) is 21.5 Å². The van der Waals surface area contributed by atoms with Gasteiger partial charge in [-0.2, -0.15) is 4.98 Å². The molecule has 1 aromatic heterocycles. The van der Waals surface area contributed by atoms with Gasteiger partial charge in [-0.3, -0.25) is 10.1 Å². The van der Waals surface area contributed by atoms with E-state index in [4.69, 9.17) is 32.7 Å². The molecule has 0 aliphatic rings. The highest BCUT2D eigenvalue weighted by molar-refractivity contribution is 6.42. The summed E-state index contributed by atoms with van der Waals surface area (Å²) < 4.78 is 10.8. The lowest BCUT2D eigenvalue weighted by Crippen LogP contribution is -2.04. The minimum atomic E-state index is -0.634. The number of anilines is 2. The van der Waals surface area contributed by atoms with Gasteiger partial charge in [0.25, 0.3) is 0 Å². The number of hydrogen-bond donors (Lipinski definition) is 1. The Balaban J connectivity index is 1.99. The molecule has 3 aromatic rings. The van der Waals surface area contributed by atoms with E-state index in [1.165, 1.54) is 13.2 Å². The van der Waals surface area contributed by atoms with E-state index < -0.39 is 10.6 Å². The Morgan fingerprint density at radius 3 is 2.48 bits per heavy atom. The molecule has 0 spiro atoms. The van der Waals surface area contributed by atoms with Gasteiger partial charge in [-0.25, -0.2) is 4.98 Å². The molecule has 0 aliphatic carbocycles. The second-order valence-electron chi connectivity index (χ2n) is 5.14. The van der Waals surface area contributed by atoms with Gasteiger partial charge >= 0.3 is 11.6 Å². The van der Waals surface area contributed by atoms with E-state index in [0.717, 1.165) is 6.33 Å². The van der Waals surface area contributed by atoms with Gasteiger partial charge in [-0.1, -0.05) is 35.3 Å². The van der Waals surface area contributed by atoms with Crippen LogP contribution in [0.1, 0.15) is 0 Å². The van der Waals surface area contributed by atoms with E-state index in [-0.39, 0.29) is 17.4 Å². The van der Waals surface area contributed by atoms with Crippen LogP contribution in [0.2, 0.25) is 10.0 Å². The summed E-state index contributed by atoms with van der Waals surface area (Å²) in [7, 11) is 1.47. The molecule has 0 unspecified atom stereocenters. The van der Waals surface area contributed by atoms with Crippen molar-refractivity contribution >= 4 is 40.4 Å². The summed E-state index contributed by atoms with van der Waals surface area (Å²) in [5.41, 5.74) is 0.0314. The second-order valence-corrected chi connectivity index (χ2v) is 5.95. The van der Waals surface area contributed by atoms with Crippen LogP contribution in [0.25, 0.3) is 0 Å². The normalized spacial score (nSPS) is 10.3. The monoisotopic (exact) mass is 406 g/mol. The number of halogens is 2. The van der Waals surface area contributed by atoms with Crippen LogP contribution in [-0.4, -0.2) is 22.0 Å². The number of nitro groups is 1. The SMILES string of the molecule is COc1ccccc1Oc1ncnc(Nc2ccc(Cl)c(Cl)c2)c1[N+](=O)[O-]. The van der Waals surface area contributed by atoms with Crippen molar-refractivity contribution in [2.24, 2.45) is 0 Å². The summed E-state index contributed by atoms with van der Waals surface area (Å²) >= 11 is 11.9. The molecule has 0 radical (unpaired) electrons. The molecule has 1 heterocycles. The average molecular weight is 407 g/mol. The van der Waals surface area contributed by atoms with E-state index in [1.807, 2.05) is 0 Å². The molecule has 0 atom stereocenters. The van der Waals surface area contributed by atoms with Crippen molar-refractivity contribution < 1.29 is 14.4 Å². The topological polar surface area (TPSA) is 99.4 Å². The van der Waals surface area contributed by atoms with Crippen LogP contribution in [-0.2, 0) is 0 Å². The Bertz CT molecular complexity index is 1000. The summed E-state index contributed by atoms with van der Waals surface area (Å²) in [6.45, 7) is 0. The van der Waals surface area contributed by atoms with Crippen LogP contribution in [0.4, 0.5) is 17.2 Å². The summed E-state index contributed by atoms with van der Waals surface area (Å²) in [6, 6.07) is 11.4. The standard InChI is InChI=1S/C17H12Cl2N4O4/c1-26-13-4-2-3-5-14(13)27-17-15(23(24)25)16(20-9-21-17)22-10-6-7-11(18)12(19)8-10/h2-9H,1H3,(H,20,21,22). The van der Waals surface area contributed by atoms with E-state index in [1.54, 1.807) is 36.4 Å². The van der Waals surface area contributed by atoms with E-state index in [2.05, 4.69) is 15.3 Å². The van der Waals surface area contributed by atoms with Crippen LogP contribution in [0.5, 0.6) is 17.4 Å². The Morgan fingerprint density at radius 2 is 1.81 bits per heavy atom. The Kier molecular flexibility index (Phi) is 5.58. The summed E-state index contributed by atoms with van der Waals surface area (Å²) in [5.74, 6) is 0.395. The lowest BCUT2D eigenvalue weighted by atomic mass is 10.3. The minimum absolute atomic E-state index is 0.0571. The molecule has 10 heteroatoms. The fraction of sp³-hybridized carbons (Fsp3) is 0.0588.